The molecule has 0 amide bonds. The molecule has 0 spiro atoms. The highest BCUT2D eigenvalue weighted by atomic mass is 35.5. The lowest BCUT2D eigenvalue weighted by Gasteiger charge is -2.05. The number of hydrogen-bond acceptors (Lipinski definition) is 2. The van der Waals surface area contributed by atoms with E-state index in [1.807, 2.05) is 36.4 Å². The number of pyridine rings is 1. The standard InChI is InChI=1S/C12H10ClNO/c13-12-11(6-9(8-15)7-14-12)10-4-2-1-3-5-10/h1-7,15H,8H2. The molecule has 1 aromatic carbocycles. The van der Waals surface area contributed by atoms with Crippen LogP contribution in [0.1, 0.15) is 5.56 Å². The van der Waals surface area contributed by atoms with Crippen LogP contribution < -0.4 is 0 Å². The van der Waals surface area contributed by atoms with E-state index in [0.717, 1.165) is 16.7 Å². The molecule has 0 aliphatic heterocycles. The number of nitrogens with zero attached hydrogens (tertiary/aromatic N) is 1. The zero-order valence-electron chi connectivity index (χ0n) is 8.02. The van der Waals surface area contributed by atoms with E-state index in [1.165, 1.54) is 0 Å². The van der Waals surface area contributed by atoms with Crippen molar-refractivity contribution in [3.63, 3.8) is 0 Å². The first-order valence-electron chi connectivity index (χ1n) is 4.62. The first-order valence-corrected chi connectivity index (χ1v) is 5.00. The van der Waals surface area contributed by atoms with Gasteiger partial charge in [-0.05, 0) is 17.2 Å². The predicted molar refractivity (Wildman–Crippen MR) is 60.6 cm³/mol. The molecule has 2 nitrogen and oxygen atoms in total. The molecular formula is C12H10ClNO. The number of halogens is 1. The fourth-order valence-electron chi connectivity index (χ4n) is 1.40. The van der Waals surface area contributed by atoms with E-state index in [0.29, 0.717) is 5.15 Å². The maximum absolute atomic E-state index is 9.02. The summed E-state index contributed by atoms with van der Waals surface area (Å²) >= 11 is 5.99. The Bertz CT molecular complexity index is 456. The third-order valence-electron chi connectivity index (χ3n) is 2.16. The molecule has 0 unspecified atom stereocenters. The molecule has 0 bridgehead atoms. The fraction of sp³-hybridized carbons (Fsp3) is 0.0833. The summed E-state index contributed by atoms with van der Waals surface area (Å²) in [4.78, 5) is 4.03. The highest BCUT2D eigenvalue weighted by Crippen LogP contribution is 2.26. The van der Waals surface area contributed by atoms with Crippen molar-refractivity contribution in [2.24, 2.45) is 0 Å². The Morgan fingerprint density at radius 2 is 1.93 bits per heavy atom. The smallest absolute Gasteiger partial charge is 0.136 e. The normalized spacial score (nSPS) is 10.3. The van der Waals surface area contributed by atoms with Crippen LogP contribution in [-0.2, 0) is 6.61 Å². The summed E-state index contributed by atoms with van der Waals surface area (Å²) < 4.78 is 0. The third kappa shape index (κ3) is 2.17. The van der Waals surface area contributed by atoms with Crippen LogP contribution in [0.25, 0.3) is 11.1 Å². The van der Waals surface area contributed by atoms with E-state index < -0.39 is 0 Å². The number of aliphatic hydroxyl groups is 1. The lowest BCUT2D eigenvalue weighted by Crippen LogP contribution is -1.89. The molecule has 3 heteroatoms. The van der Waals surface area contributed by atoms with Gasteiger partial charge in [0.2, 0.25) is 0 Å². The summed E-state index contributed by atoms with van der Waals surface area (Å²) in [6.07, 6.45) is 1.58. The predicted octanol–water partition coefficient (Wildman–Crippen LogP) is 2.89. The zero-order valence-corrected chi connectivity index (χ0v) is 8.78. The Balaban J connectivity index is 2.52. The van der Waals surface area contributed by atoms with Gasteiger partial charge in [0, 0.05) is 11.8 Å². The van der Waals surface area contributed by atoms with Gasteiger partial charge in [0.15, 0.2) is 0 Å². The molecule has 1 heterocycles. The molecule has 0 fully saturated rings. The molecule has 0 aliphatic rings. The maximum Gasteiger partial charge on any atom is 0.136 e. The molecule has 2 rings (SSSR count). The quantitative estimate of drug-likeness (QED) is 0.788. The molecule has 2 aromatic rings. The van der Waals surface area contributed by atoms with Crippen LogP contribution in [0.2, 0.25) is 5.15 Å². The van der Waals surface area contributed by atoms with Crippen LogP contribution in [0, 0.1) is 0 Å². The second kappa shape index (κ2) is 4.43. The Morgan fingerprint density at radius 1 is 1.20 bits per heavy atom. The zero-order chi connectivity index (χ0) is 10.7. The van der Waals surface area contributed by atoms with Crippen molar-refractivity contribution in [3.8, 4) is 11.1 Å². The summed E-state index contributed by atoms with van der Waals surface area (Å²) in [7, 11) is 0. The Kier molecular flexibility index (Phi) is 2.99. The Hall–Kier alpha value is -1.38. The second-order valence-electron chi connectivity index (χ2n) is 3.21. The summed E-state index contributed by atoms with van der Waals surface area (Å²) in [5.41, 5.74) is 2.62. The van der Waals surface area contributed by atoms with Gasteiger partial charge in [-0.25, -0.2) is 4.98 Å². The van der Waals surface area contributed by atoms with Crippen molar-refractivity contribution in [2.45, 2.75) is 6.61 Å². The van der Waals surface area contributed by atoms with E-state index in [9.17, 15) is 0 Å². The topological polar surface area (TPSA) is 33.1 Å². The molecule has 0 radical (unpaired) electrons. The molecule has 0 saturated carbocycles. The third-order valence-corrected chi connectivity index (χ3v) is 2.46. The summed E-state index contributed by atoms with van der Waals surface area (Å²) in [6.45, 7) is -0.0238. The fourth-order valence-corrected chi connectivity index (χ4v) is 1.61. The van der Waals surface area contributed by atoms with Gasteiger partial charge in [-0.3, -0.25) is 0 Å². The molecule has 76 valence electrons. The van der Waals surface area contributed by atoms with E-state index >= 15 is 0 Å². The van der Waals surface area contributed by atoms with Crippen LogP contribution in [0.15, 0.2) is 42.6 Å². The Morgan fingerprint density at radius 3 is 2.60 bits per heavy atom. The minimum atomic E-state index is -0.0238. The first-order chi connectivity index (χ1) is 7.31. The number of aromatic nitrogens is 1. The van der Waals surface area contributed by atoms with Gasteiger partial charge >= 0.3 is 0 Å². The average molecular weight is 220 g/mol. The van der Waals surface area contributed by atoms with Crippen LogP contribution >= 0.6 is 11.6 Å². The van der Waals surface area contributed by atoms with Gasteiger partial charge in [-0.2, -0.15) is 0 Å². The monoisotopic (exact) mass is 219 g/mol. The van der Waals surface area contributed by atoms with Crippen LogP contribution in [0.4, 0.5) is 0 Å². The molecule has 1 N–H and O–H groups in total. The van der Waals surface area contributed by atoms with Gasteiger partial charge in [-0.1, -0.05) is 41.9 Å². The van der Waals surface area contributed by atoms with Crippen LogP contribution in [0.5, 0.6) is 0 Å². The number of benzene rings is 1. The van der Waals surface area contributed by atoms with Crippen molar-refractivity contribution < 1.29 is 5.11 Å². The van der Waals surface area contributed by atoms with Crippen molar-refractivity contribution in [1.82, 2.24) is 4.98 Å². The average Bonchev–Trinajstić information content (AvgIpc) is 2.31. The molecule has 15 heavy (non-hydrogen) atoms. The molecular weight excluding hydrogens is 210 g/mol. The van der Waals surface area contributed by atoms with E-state index in [-0.39, 0.29) is 6.61 Å². The van der Waals surface area contributed by atoms with Crippen LogP contribution in [-0.4, -0.2) is 10.1 Å². The van der Waals surface area contributed by atoms with Crippen LogP contribution in [0.3, 0.4) is 0 Å². The van der Waals surface area contributed by atoms with Gasteiger partial charge in [-0.15, -0.1) is 0 Å². The maximum atomic E-state index is 9.02. The SMILES string of the molecule is OCc1cnc(Cl)c(-c2ccccc2)c1. The largest absolute Gasteiger partial charge is 0.392 e. The first kappa shape index (κ1) is 10.1. The van der Waals surface area contributed by atoms with E-state index in [2.05, 4.69) is 4.98 Å². The van der Waals surface area contributed by atoms with Gasteiger partial charge in [0.25, 0.3) is 0 Å². The van der Waals surface area contributed by atoms with Gasteiger partial charge < -0.3 is 5.11 Å². The van der Waals surface area contributed by atoms with Crippen molar-refractivity contribution in [3.05, 3.63) is 53.3 Å². The van der Waals surface area contributed by atoms with Crippen molar-refractivity contribution in [1.29, 1.82) is 0 Å². The van der Waals surface area contributed by atoms with Gasteiger partial charge in [0.05, 0.1) is 6.61 Å². The minimum Gasteiger partial charge on any atom is -0.392 e. The second-order valence-corrected chi connectivity index (χ2v) is 3.56. The van der Waals surface area contributed by atoms with Crippen molar-refractivity contribution in [2.75, 3.05) is 0 Å². The summed E-state index contributed by atoms with van der Waals surface area (Å²) in [5.74, 6) is 0. The lowest BCUT2D eigenvalue weighted by molar-refractivity contribution is 0.281. The molecule has 0 atom stereocenters. The summed E-state index contributed by atoms with van der Waals surface area (Å²) in [5, 5.41) is 9.47. The van der Waals surface area contributed by atoms with E-state index in [4.69, 9.17) is 16.7 Å². The number of hydrogen-bond donors (Lipinski definition) is 1. The number of rotatable bonds is 2. The Labute approximate surface area is 93.2 Å². The lowest BCUT2D eigenvalue weighted by atomic mass is 10.1. The minimum absolute atomic E-state index is 0.0238. The number of aliphatic hydroxyl groups excluding tert-OH is 1. The van der Waals surface area contributed by atoms with E-state index in [1.54, 1.807) is 6.20 Å². The molecule has 0 aliphatic carbocycles. The highest BCUT2D eigenvalue weighted by molar-refractivity contribution is 6.32. The summed E-state index contributed by atoms with van der Waals surface area (Å²) in [6, 6.07) is 11.6. The molecule has 1 aromatic heterocycles. The highest BCUT2D eigenvalue weighted by Gasteiger charge is 2.05. The molecule has 0 saturated heterocycles. The van der Waals surface area contributed by atoms with Crippen molar-refractivity contribution >= 4 is 11.6 Å². The van der Waals surface area contributed by atoms with Gasteiger partial charge in [0.1, 0.15) is 5.15 Å².